The highest BCUT2D eigenvalue weighted by Gasteiger charge is 2.30. The second-order valence-corrected chi connectivity index (χ2v) is 8.79. The first kappa shape index (κ1) is 25.2. The fourth-order valence-corrected chi connectivity index (χ4v) is 3.65. The smallest absolute Gasteiger partial charge is 0.347 e. The summed E-state index contributed by atoms with van der Waals surface area (Å²) >= 11 is 0. The van der Waals surface area contributed by atoms with Crippen LogP contribution in [0.3, 0.4) is 0 Å². The summed E-state index contributed by atoms with van der Waals surface area (Å²) < 4.78 is 22.5. The predicted octanol–water partition coefficient (Wildman–Crippen LogP) is 5.23. The van der Waals surface area contributed by atoms with Gasteiger partial charge in [0.2, 0.25) is 0 Å². The Morgan fingerprint density at radius 1 is 1.03 bits per heavy atom. The van der Waals surface area contributed by atoms with Crippen LogP contribution in [-0.2, 0) is 17.9 Å². The van der Waals surface area contributed by atoms with Gasteiger partial charge in [-0.1, -0.05) is 12.1 Å². The fraction of sp³-hybridized carbons (Fsp3) is 0.370. The van der Waals surface area contributed by atoms with Crippen molar-refractivity contribution < 1.29 is 28.5 Å². The number of furan rings is 1. The molecule has 0 aliphatic heterocycles. The third-order valence-corrected chi connectivity index (χ3v) is 5.49. The maximum absolute atomic E-state index is 11.5. The average molecular weight is 468 g/mol. The van der Waals surface area contributed by atoms with Gasteiger partial charge in [-0.2, -0.15) is 0 Å². The molecule has 0 saturated heterocycles. The Labute approximate surface area is 200 Å². The van der Waals surface area contributed by atoms with E-state index >= 15 is 0 Å². The van der Waals surface area contributed by atoms with Crippen LogP contribution < -0.4 is 14.2 Å². The largest absolute Gasteiger partial charge is 0.497 e. The Morgan fingerprint density at radius 2 is 1.68 bits per heavy atom. The molecule has 0 unspecified atom stereocenters. The van der Waals surface area contributed by atoms with E-state index < -0.39 is 11.6 Å². The van der Waals surface area contributed by atoms with Crippen LogP contribution in [-0.4, -0.2) is 41.8 Å². The van der Waals surface area contributed by atoms with E-state index in [1.54, 1.807) is 27.2 Å². The summed E-state index contributed by atoms with van der Waals surface area (Å²) in [6.07, 6.45) is 1.67. The van der Waals surface area contributed by atoms with Crippen molar-refractivity contribution in [1.82, 2.24) is 4.90 Å². The van der Waals surface area contributed by atoms with Crippen molar-refractivity contribution in [2.24, 2.45) is 0 Å². The number of hydrogen-bond acceptors (Lipinski definition) is 6. The topological polar surface area (TPSA) is 81.4 Å². The molecular formula is C27H33NO6. The number of carboxylic acid groups (broad SMARTS) is 1. The summed E-state index contributed by atoms with van der Waals surface area (Å²) in [4.78, 5) is 13.7. The monoisotopic (exact) mass is 467 g/mol. The molecule has 0 saturated carbocycles. The molecule has 0 aliphatic rings. The Bertz CT molecular complexity index is 1050. The summed E-state index contributed by atoms with van der Waals surface area (Å²) in [6, 6.07) is 15.4. The van der Waals surface area contributed by atoms with Gasteiger partial charge in [0, 0.05) is 13.1 Å². The van der Waals surface area contributed by atoms with Gasteiger partial charge in [0.25, 0.3) is 0 Å². The number of methoxy groups -OCH3 is 1. The first-order valence-corrected chi connectivity index (χ1v) is 11.2. The lowest BCUT2D eigenvalue weighted by atomic mass is 10.0. The first-order valence-electron chi connectivity index (χ1n) is 11.2. The van der Waals surface area contributed by atoms with Gasteiger partial charge in [-0.05, 0) is 80.8 Å². The predicted molar refractivity (Wildman–Crippen MR) is 130 cm³/mol. The van der Waals surface area contributed by atoms with Gasteiger partial charge < -0.3 is 23.7 Å². The van der Waals surface area contributed by atoms with Crippen molar-refractivity contribution in [3.05, 3.63) is 77.2 Å². The second-order valence-electron chi connectivity index (χ2n) is 8.79. The van der Waals surface area contributed by atoms with Gasteiger partial charge in [-0.15, -0.1) is 0 Å². The SMILES string of the molecule is COc1ccc(OCCN(Cc2cc(C)c(OC(C)(C)C(=O)O)c(C)c2)Cc2ccco2)cc1. The molecule has 182 valence electrons. The summed E-state index contributed by atoms with van der Waals surface area (Å²) in [5.41, 5.74) is 1.60. The van der Waals surface area contributed by atoms with E-state index in [0.29, 0.717) is 32.0 Å². The molecule has 0 bridgehead atoms. The molecule has 7 nitrogen and oxygen atoms in total. The van der Waals surface area contributed by atoms with Gasteiger partial charge in [-0.25, -0.2) is 4.79 Å². The van der Waals surface area contributed by atoms with Gasteiger partial charge in [0.15, 0.2) is 5.60 Å². The molecule has 1 aromatic heterocycles. The van der Waals surface area contributed by atoms with E-state index in [2.05, 4.69) is 4.90 Å². The van der Waals surface area contributed by atoms with E-state index in [-0.39, 0.29) is 0 Å². The Kier molecular flexibility index (Phi) is 8.23. The Hall–Kier alpha value is -3.45. The van der Waals surface area contributed by atoms with Crippen molar-refractivity contribution in [3.8, 4) is 17.2 Å². The molecule has 3 rings (SSSR count). The van der Waals surface area contributed by atoms with Gasteiger partial charge >= 0.3 is 5.97 Å². The molecule has 0 atom stereocenters. The number of aryl methyl sites for hydroxylation is 2. The molecule has 0 amide bonds. The van der Waals surface area contributed by atoms with Gasteiger partial charge in [0.1, 0.15) is 29.6 Å². The highest BCUT2D eigenvalue weighted by molar-refractivity contribution is 5.77. The molecule has 1 heterocycles. The third kappa shape index (κ3) is 6.78. The van der Waals surface area contributed by atoms with E-state index in [4.69, 9.17) is 18.6 Å². The maximum Gasteiger partial charge on any atom is 0.347 e. The number of ether oxygens (including phenoxy) is 3. The molecule has 0 spiro atoms. The maximum atomic E-state index is 11.5. The molecular weight excluding hydrogens is 434 g/mol. The highest BCUT2D eigenvalue weighted by atomic mass is 16.5. The minimum Gasteiger partial charge on any atom is -0.497 e. The number of rotatable bonds is 12. The number of nitrogens with zero attached hydrogens (tertiary/aromatic N) is 1. The van der Waals surface area contributed by atoms with Crippen LogP contribution >= 0.6 is 0 Å². The Morgan fingerprint density at radius 3 is 2.24 bits per heavy atom. The van der Waals surface area contributed by atoms with Crippen molar-refractivity contribution in [2.45, 2.75) is 46.4 Å². The third-order valence-electron chi connectivity index (χ3n) is 5.49. The van der Waals surface area contributed by atoms with Gasteiger partial charge in [-0.3, -0.25) is 4.90 Å². The molecule has 1 N–H and O–H groups in total. The molecule has 0 fully saturated rings. The zero-order valence-electron chi connectivity index (χ0n) is 20.5. The van der Waals surface area contributed by atoms with Crippen LogP contribution in [0.1, 0.15) is 36.3 Å². The van der Waals surface area contributed by atoms with Crippen molar-refractivity contribution >= 4 is 5.97 Å². The van der Waals surface area contributed by atoms with E-state index in [1.165, 1.54) is 0 Å². The van der Waals surface area contributed by atoms with Crippen LogP contribution in [0, 0.1) is 13.8 Å². The molecule has 0 radical (unpaired) electrons. The van der Waals surface area contributed by atoms with Crippen molar-refractivity contribution in [2.75, 3.05) is 20.3 Å². The normalized spacial score (nSPS) is 11.5. The lowest BCUT2D eigenvalue weighted by molar-refractivity contribution is -0.152. The van der Waals surface area contributed by atoms with Gasteiger partial charge in [0.05, 0.1) is 19.9 Å². The number of carboxylic acids is 1. The number of benzene rings is 2. The minimum atomic E-state index is -1.30. The van der Waals surface area contributed by atoms with Crippen LogP contribution in [0.2, 0.25) is 0 Å². The summed E-state index contributed by atoms with van der Waals surface area (Å²) in [5.74, 6) is 2.05. The number of aliphatic carboxylic acids is 1. The molecule has 3 aromatic rings. The average Bonchev–Trinajstić information content (AvgIpc) is 3.30. The molecule has 0 aliphatic carbocycles. The van der Waals surface area contributed by atoms with Crippen LogP contribution in [0.25, 0.3) is 0 Å². The molecule has 34 heavy (non-hydrogen) atoms. The first-order chi connectivity index (χ1) is 16.2. The quantitative estimate of drug-likeness (QED) is 0.391. The lowest BCUT2D eigenvalue weighted by Gasteiger charge is -2.26. The van der Waals surface area contributed by atoms with Crippen LogP contribution in [0.4, 0.5) is 0 Å². The van der Waals surface area contributed by atoms with E-state index in [1.807, 2.05) is 62.4 Å². The summed E-state index contributed by atoms with van der Waals surface area (Å²) in [6.45, 7) is 9.50. The standard InChI is InChI=1S/C27H33NO6/c1-19-15-21(16-20(2)25(19)34-27(3,4)26(29)30)17-28(18-24-7-6-13-32-24)12-14-33-23-10-8-22(31-5)9-11-23/h6-11,13,15-16H,12,14,17-18H2,1-5H3,(H,29,30). The zero-order valence-corrected chi connectivity index (χ0v) is 20.5. The molecule has 2 aromatic carbocycles. The van der Waals surface area contributed by atoms with Crippen molar-refractivity contribution in [3.63, 3.8) is 0 Å². The highest BCUT2D eigenvalue weighted by Crippen LogP contribution is 2.29. The van der Waals surface area contributed by atoms with E-state index in [9.17, 15) is 9.90 Å². The summed E-state index contributed by atoms with van der Waals surface area (Å²) in [7, 11) is 1.64. The van der Waals surface area contributed by atoms with Crippen LogP contribution in [0.15, 0.2) is 59.2 Å². The zero-order chi connectivity index (χ0) is 24.7. The summed E-state index contributed by atoms with van der Waals surface area (Å²) in [5, 5.41) is 9.41. The Balaban J connectivity index is 1.70. The molecule has 7 heteroatoms. The minimum absolute atomic E-state index is 0.513. The lowest BCUT2D eigenvalue weighted by Crippen LogP contribution is -2.38. The van der Waals surface area contributed by atoms with E-state index in [0.717, 1.165) is 33.9 Å². The number of carbonyl (C=O) groups is 1. The van der Waals surface area contributed by atoms with Crippen LogP contribution in [0.5, 0.6) is 17.2 Å². The number of hydrogen-bond donors (Lipinski definition) is 1. The fourth-order valence-electron chi connectivity index (χ4n) is 3.65. The van der Waals surface area contributed by atoms with Crippen molar-refractivity contribution in [1.29, 1.82) is 0 Å². The second kappa shape index (κ2) is 11.1.